The number of aromatic nitrogens is 2. The zero-order valence-corrected chi connectivity index (χ0v) is 16.4. The Morgan fingerprint density at radius 2 is 2.00 bits per heavy atom. The molecule has 1 unspecified atom stereocenters. The van der Waals surface area contributed by atoms with Gasteiger partial charge >= 0.3 is 0 Å². The molecule has 1 aromatic heterocycles. The summed E-state index contributed by atoms with van der Waals surface area (Å²) in [5.74, 6) is 0.562. The van der Waals surface area contributed by atoms with E-state index in [9.17, 15) is 9.59 Å². The lowest BCUT2D eigenvalue weighted by atomic mass is 9.78. The van der Waals surface area contributed by atoms with Gasteiger partial charge < -0.3 is 10.2 Å². The molecule has 1 N–H and O–H groups in total. The summed E-state index contributed by atoms with van der Waals surface area (Å²) in [6, 6.07) is 11.9. The Morgan fingerprint density at radius 1 is 1.25 bits per heavy atom. The van der Waals surface area contributed by atoms with Crippen LogP contribution in [-0.4, -0.2) is 35.3 Å². The van der Waals surface area contributed by atoms with Gasteiger partial charge in [-0.3, -0.25) is 9.59 Å². The van der Waals surface area contributed by atoms with E-state index in [2.05, 4.69) is 27.4 Å². The summed E-state index contributed by atoms with van der Waals surface area (Å²) in [7, 11) is 1.65. The first-order valence-electron chi connectivity index (χ1n) is 10.2. The van der Waals surface area contributed by atoms with Crippen LogP contribution in [0.5, 0.6) is 0 Å². The van der Waals surface area contributed by atoms with Gasteiger partial charge in [-0.05, 0) is 30.7 Å². The molecule has 2 aromatic rings. The summed E-state index contributed by atoms with van der Waals surface area (Å²) in [5, 5.41) is 7.36. The first-order valence-corrected chi connectivity index (χ1v) is 10.2. The number of anilines is 1. The summed E-state index contributed by atoms with van der Waals surface area (Å²) in [6.45, 7) is 2.41. The highest BCUT2D eigenvalue weighted by molar-refractivity contribution is 5.88. The first kappa shape index (κ1) is 18.7. The minimum absolute atomic E-state index is 0.0970. The second-order valence-electron chi connectivity index (χ2n) is 8.14. The maximum Gasteiger partial charge on any atom is 0.268 e. The number of carbonyl (C=O) groups is 1. The third-order valence-corrected chi connectivity index (χ3v) is 6.37. The molecule has 4 rings (SSSR count). The van der Waals surface area contributed by atoms with Gasteiger partial charge in [0.05, 0.1) is 17.3 Å². The molecule has 1 saturated heterocycles. The molecule has 1 aromatic carbocycles. The van der Waals surface area contributed by atoms with Crippen molar-refractivity contribution in [1.82, 2.24) is 15.1 Å². The van der Waals surface area contributed by atoms with Crippen LogP contribution in [0.1, 0.15) is 37.7 Å². The number of nitrogens with one attached hydrogen (secondary N) is 1. The molecule has 1 saturated carbocycles. The predicted molar refractivity (Wildman–Crippen MR) is 109 cm³/mol. The van der Waals surface area contributed by atoms with Gasteiger partial charge in [-0.15, -0.1) is 0 Å². The molecular weight excluding hydrogens is 352 g/mol. The third kappa shape index (κ3) is 3.55. The molecule has 28 heavy (non-hydrogen) atoms. The van der Waals surface area contributed by atoms with Crippen molar-refractivity contribution in [1.29, 1.82) is 0 Å². The van der Waals surface area contributed by atoms with Crippen molar-refractivity contribution >= 4 is 11.6 Å². The van der Waals surface area contributed by atoms with Crippen LogP contribution in [0, 0.1) is 5.92 Å². The van der Waals surface area contributed by atoms with Crippen LogP contribution in [0.3, 0.4) is 0 Å². The highest BCUT2D eigenvalue weighted by Crippen LogP contribution is 2.41. The van der Waals surface area contributed by atoms with Crippen molar-refractivity contribution in [2.45, 2.75) is 37.5 Å². The van der Waals surface area contributed by atoms with E-state index in [1.165, 1.54) is 4.68 Å². The van der Waals surface area contributed by atoms with Gasteiger partial charge in [0.1, 0.15) is 0 Å². The van der Waals surface area contributed by atoms with E-state index in [0.29, 0.717) is 12.5 Å². The van der Waals surface area contributed by atoms with Crippen molar-refractivity contribution in [2.24, 2.45) is 13.0 Å². The van der Waals surface area contributed by atoms with E-state index in [1.54, 1.807) is 19.3 Å². The Balaban J connectivity index is 1.38. The number of aryl methyl sites for hydroxylation is 1. The average Bonchev–Trinajstić information content (AvgIpc) is 3.39. The molecule has 0 spiro atoms. The SMILES string of the molecule is Cn1ncc(N2CCC(CNC(=O)C3(c4ccccc4)CCCC3)C2)cc1=O. The zero-order chi connectivity index (χ0) is 19.6. The lowest BCUT2D eigenvalue weighted by Crippen LogP contribution is -2.44. The molecule has 2 heterocycles. The molecule has 6 nitrogen and oxygen atoms in total. The Morgan fingerprint density at radius 3 is 2.71 bits per heavy atom. The molecule has 6 heteroatoms. The Bertz CT molecular complexity index is 887. The molecular formula is C22H28N4O2. The van der Waals surface area contributed by atoms with E-state index in [4.69, 9.17) is 0 Å². The maximum atomic E-state index is 13.2. The van der Waals surface area contributed by atoms with E-state index in [1.807, 2.05) is 18.2 Å². The minimum Gasteiger partial charge on any atom is -0.370 e. The van der Waals surface area contributed by atoms with Crippen LogP contribution < -0.4 is 15.8 Å². The average molecular weight is 380 g/mol. The molecule has 2 aliphatic rings. The smallest absolute Gasteiger partial charge is 0.268 e. The van der Waals surface area contributed by atoms with Crippen molar-refractivity contribution in [3.8, 4) is 0 Å². The molecule has 1 aliphatic carbocycles. The van der Waals surface area contributed by atoms with Crippen molar-refractivity contribution in [3.63, 3.8) is 0 Å². The van der Waals surface area contributed by atoms with Gasteiger partial charge in [0, 0.05) is 32.7 Å². The number of rotatable bonds is 5. The summed E-state index contributed by atoms with van der Waals surface area (Å²) in [5.41, 5.74) is 1.55. The molecule has 0 bridgehead atoms. The van der Waals surface area contributed by atoms with Gasteiger partial charge in [-0.1, -0.05) is 43.2 Å². The lowest BCUT2D eigenvalue weighted by Gasteiger charge is -2.29. The minimum atomic E-state index is -0.366. The van der Waals surface area contributed by atoms with Crippen LogP contribution in [0.2, 0.25) is 0 Å². The number of carbonyl (C=O) groups excluding carboxylic acids is 1. The normalized spacial score (nSPS) is 21.0. The van der Waals surface area contributed by atoms with Crippen molar-refractivity contribution in [2.75, 3.05) is 24.5 Å². The van der Waals surface area contributed by atoms with Crippen LogP contribution in [0.4, 0.5) is 5.69 Å². The number of nitrogens with zero attached hydrogens (tertiary/aromatic N) is 3. The topological polar surface area (TPSA) is 67.2 Å². The number of amides is 1. The van der Waals surface area contributed by atoms with Crippen LogP contribution in [-0.2, 0) is 17.3 Å². The fourth-order valence-corrected chi connectivity index (χ4v) is 4.66. The Kier molecular flexibility index (Phi) is 5.20. The summed E-state index contributed by atoms with van der Waals surface area (Å²) in [4.78, 5) is 27.2. The molecule has 2 fully saturated rings. The van der Waals surface area contributed by atoms with Gasteiger partial charge in [0.2, 0.25) is 5.91 Å². The number of hydrogen-bond donors (Lipinski definition) is 1. The van der Waals surface area contributed by atoms with Gasteiger partial charge in [-0.2, -0.15) is 5.10 Å². The fourth-order valence-electron chi connectivity index (χ4n) is 4.66. The molecule has 1 aliphatic heterocycles. The lowest BCUT2D eigenvalue weighted by molar-refractivity contribution is -0.126. The van der Waals surface area contributed by atoms with Crippen LogP contribution in [0.25, 0.3) is 0 Å². The first-order chi connectivity index (χ1) is 13.6. The van der Waals surface area contributed by atoms with Crippen molar-refractivity contribution < 1.29 is 4.79 Å². The fraction of sp³-hybridized carbons (Fsp3) is 0.500. The highest BCUT2D eigenvalue weighted by Gasteiger charge is 2.42. The van der Waals surface area contributed by atoms with Crippen LogP contribution >= 0.6 is 0 Å². The Labute approximate surface area is 165 Å². The van der Waals surface area contributed by atoms with Crippen LogP contribution in [0.15, 0.2) is 47.4 Å². The summed E-state index contributed by atoms with van der Waals surface area (Å²) >= 11 is 0. The van der Waals surface area contributed by atoms with E-state index < -0.39 is 0 Å². The number of hydrogen-bond acceptors (Lipinski definition) is 4. The second kappa shape index (κ2) is 7.78. The maximum absolute atomic E-state index is 13.2. The molecule has 1 atom stereocenters. The molecule has 1 amide bonds. The molecule has 148 valence electrons. The zero-order valence-electron chi connectivity index (χ0n) is 16.4. The largest absolute Gasteiger partial charge is 0.370 e. The predicted octanol–water partition coefficient (Wildman–Crippen LogP) is 2.23. The second-order valence-corrected chi connectivity index (χ2v) is 8.14. The van der Waals surface area contributed by atoms with Gasteiger partial charge in [-0.25, -0.2) is 4.68 Å². The molecule has 0 radical (unpaired) electrons. The third-order valence-electron chi connectivity index (χ3n) is 6.37. The van der Waals surface area contributed by atoms with E-state index >= 15 is 0 Å². The standard InChI is InChI=1S/C22H28N4O2/c1-25-20(27)13-19(15-24-25)26-12-9-17(16-26)14-23-21(28)22(10-5-6-11-22)18-7-3-2-4-8-18/h2-4,7-8,13,15,17H,5-6,9-12,14,16H2,1H3,(H,23,28). The highest BCUT2D eigenvalue weighted by atomic mass is 16.2. The van der Waals surface area contributed by atoms with E-state index in [0.717, 1.165) is 56.4 Å². The van der Waals surface area contributed by atoms with Crippen molar-refractivity contribution in [3.05, 3.63) is 58.5 Å². The number of benzene rings is 1. The van der Waals surface area contributed by atoms with E-state index in [-0.39, 0.29) is 16.9 Å². The summed E-state index contributed by atoms with van der Waals surface area (Å²) < 4.78 is 1.34. The van der Waals surface area contributed by atoms with Gasteiger partial charge in [0.15, 0.2) is 0 Å². The quantitative estimate of drug-likeness (QED) is 0.864. The monoisotopic (exact) mass is 380 g/mol. The Hall–Kier alpha value is -2.63. The summed E-state index contributed by atoms with van der Waals surface area (Å²) in [6.07, 6.45) is 6.82. The van der Waals surface area contributed by atoms with Gasteiger partial charge in [0.25, 0.3) is 5.56 Å².